The lowest BCUT2D eigenvalue weighted by Crippen LogP contribution is -2.57. The number of hydrogen-bond donors (Lipinski definition) is 5. The van der Waals surface area contributed by atoms with Gasteiger partial charge in [0.25, 0.3) is 0 Å². The summed E-state index contributed by atoms with van der Waals surface area (Å²) < 4.78 is 5.79. The number of halogens is 2. The summed E-state index contributed by atoms with van der Waals surface area (Å²) in [5, 5.41) is 15.6. The van der Waals surface area contributed by atoms with Crippen molar-refractivity contribution in [2.45, 2.75) is 59.7 Å². The lowest BCUT2D eigenvalue weighted by atomic mass is 9.70. The molecule has 11 unspecified atom stereocenters. The van der Waals surface area contributed by atoms with Gasteiger partial charge in [-0.05, 0) is 31.6 Å². The Labute approximate surface area is 227 Å². The molecule has 5 aliphatic rings. The maximum atomic E-state index is 13.5. The molecule has 0 aromatic carbocycles. The molecule has 5 saturated heterocycles. The van der Waals surface area contributed by atoms with Crippen molar-refractivity contribution in [1.82, 2.24) is 36.6 Å². The highest BCUT2D eigenvalue weighted by Gasteiger charge is 2.48. The molecule has 5 aliphatic heterocycles. The Bertz CT molecular complexity index is 817. The first kappa shape index (κ1) is 27.2. The van der Waals surface area contributed by atoms with E-state index >= 15 is 0 Å². The summed E-state index contributed by atoms with van der Waals surface area (Å²) in [5.41, 5.74) is 2.55. The number of thioether (sulfide) groups is 1. The first-order valence-electron chi connectivity index (χ1n) is 13.0. The fourth-order valence-electron chi connectivity index (χ4n) is 6.58. The molecule has 0 aromatic heterocycles. The van der Waals surface area contributed by atoms with Crippen LogP contribution in [0.15, 0.2) is 0 Å². The molecule has 10 nitrogen and oxygen atoms in total. The zero-order valence-electron chi connectivity index (χ0n) is 21.1. The van der Waals surface area contributed by atoms with E-state index < -0.39 is 0 Å². The first-order valence-corrected chi connectivity index (χ1v) is 14.8. The van der Waals surface area contributed by atoms with Crippen LogP contribution in [0.1, 0.15) is 19.8 Å². The minimum Gasteiger partial charge on any atom is -0.380 e. The van der Waals surface area contributed by atoms with Crippen LogP contribution in [0.3, 0.4) is 0 Å². The van der Waals surface area contributed by atoms with Crippen LogP contribution in [0.2, 0.25) is 0 Å². The van der Waals surface area contributed by atoms with Crippen LogP contribution >= 0.6 is 35.0 Å². The molecule has 0 radical (unpaired) electrons. The summed E-state index contributed by atoms with van der Waals surface area (Å²) in [4.78, 5) is 28.5. The number of fused-ring (bicyclic) bond motifs is 1. The Kier molecular flexibility index (Phi) is 8.61. The number of rotatable bonds is 5. The second kappa shape index (κ2) is 11.4. The fraction of sp³-hybridized carbons (Fsp3) is 0.913. The number of hydrazine groups is 1. The summed E-state index contributed by atoms with van der Waals surface area (Å²) in [5.74, 6) is 0.225. The van der Waals surface area contributed by atoms with Crippen molar-refractivity contribution >= 4 is 46.8 Å². The molecule has 13 heteroatoms. The molecule has 0 bridgehead atoms. The quantitative estimate of drug-likeness (QED) is 0.228. The van der Waals surface area contributed by atoms with Gasteiger partial charge in [0.1, 0.15) is 11.0 Å². The van der Waals surface area contributed by atoms with E-state index in [9.17, 15) is 9.59 Å². The maximum Gasteiger partial charge on any atom is 0.230 e. The number of alkyl halides is 2. The molecule has 36 heavy (non-hydrogen) atoms. The Morgan fingerprint density at radius 3 is 2.56 bits per heavy atom. The highest BCUT2D eigenvalue weighted by Crippen LogP contribution is 2.39. The normalized spacial score (nSPS) is 45.6. The second-order valence-corrected chi connectivity index (χ2v) is 13.2. The van der Waals surface area contributed by atoms with Crippen molar-refractivity contribution in [1.29, 1.82) is 0 Å². The van der Waals surface area contributed by atoms with Crippen LogP contribution in [0.5, 0.6) is 0 Å². The molecule has 5 fully saturated rings. The van der Waals surface area contributed by atoms with E-state index in [-0.39, 0.29) is 69.4 Å². The van der Waals surface area contributed by atoms with Crippen molar-refractivity contribution in [2.75, 3.05) is 46.9 Å². The number of likely N-dealkylation sites (tertiary alicyclic amines) is 1. The molecule has 0 aliphatic carbocycles. The summed E-state index contributed by atoms with van der Waals surface area (Å²) in [6.07, 6.45) is 1.77. The Balaban J connectivity index is 1.17. The molecular weight excluding hydrogens is 525 g/mol. The summed E-state index contributed by atoms with van der Waals surface area (Å²) in [6, 6.07) is 0.509. The molecule has 11 atom stereocenters. The number of nitrogens with zero attached hydrogens (tertiary/aromatic N) is 2. The van der Waals surface area contributed by atoms with Crippen molar-refractivity contribution in [3.8, 4) is 0 Å². The van der Waals surface area contributed by atoms with E-state index in [1.807, 2.05) is 11.9 Å². The highest BCUT2D eigenvalue weighted by atomic mass is 35.5. The van der Waals surface area contributed by atoms with Gasteiger partial charge < -0.3 is 20.3 Å². The third-order valence-electron chi connectivity index (χ3n) is 8.62. The molecule has 5 N–H and O–H groups in total. The zero-order valence-corrected chi connectivity index (χ0v) is 23.4. The Morgan fingerprint density at radius 2 is 1.86 bits per heavy atom. The van der Waals surface area contributed by atoms with Gasteiger partial charge in [-0.3, -0.25) is 25.6 Å². The molecule has 0 spiro atoms. The summed E-state index contributed by atoms with van der Waals surface area (Å²) in [6.45, 7) is 5.41. The number of methoxy groups -OCH3 is 1. The number of carbonyl (C=O) groups excluding carboxylic acids is 2. The number of carbonyl (C=O) groups is 2. The van der Waals surface area contributed by atoms with E-state index in [2.05, 4.69) is 33.6 Å². The topological polar surface area (TPSA) is 110 Å². The van der Waals surface area contributed by atoms with Gasteiger partial charge in [-0.25, -0.2) is 5.01 Å². The number of ether oxygens (including phenoxy) is 1. The van der Waals surface area contributed by atoms with Gasteiger partial charge in [0.05, 0.1) is 23.4 Å². The number of piperidine rings is 2. The van der Waals surface area contributed by atoms with Gasteiger partial charge in [0, 0.05) is 64.2 Å². The van der Waals surface area contributed by atoms with Crippen LogP contribution < -0.4 is 26.7 Å². The molecular formula is C23H39Cl2N7O3S. The van der Waals surface area contributed by atoms with Crippen molar-refractivity contribution in [2.24, 2.45) is 23.7 Å². The van der Waals surface area contributed by atoms with Crippen molar-refractivity contribution in [3.05, 3.63) is 0 Å². The predicted octanol–water partition coefficient (Wildman–Crippen LogP) is -0.263. The van der Waals surface area contributed by atoms with Gasteiger partial charge in [-0.15, -0.1) is 35.0 Å². The van der Waals surface area contributed by atoms with E-state index in [1.165, 1.54) is 0 Å². The molecule has 5 heterocycles. The first-order chi connectivity index (χ1) is 17.2. The van der Waals surface area contributed by atoms with Crippen LogP contribution in [0.25, 0.3) is 0 Å². The Hall–Kier alpha value is -0.370. The number of nitrogens with one attached hydrogen (secondary N) is 5. The largest absolute Gasteiger partial charge is 0.380 e. The summed E-state index contributed by atoms with van der Waals surface area (Å²) >= 11 is 14.6. The average molecular weight is 565 g/mol. The van der Waals surface area contributed by atoms with E-state index in [0.29, 0.717) is 38.8 Å². The molecule has 0 saturated carbocycles. The standard InChI is InChI=1S/C23H39Cl2N7O3S/c1-11-4-12(13-5-19(24)27-8-17(13)35-3)14(6-26-11)21(33)30-23-29-16-9-32(10-18(16)36-23)22(34)15-7-28-31(2)20(15)25/h11-20,23,26-29H,4-10H2,1-3H3,(H,30,33). The predicted molar refractivity (Wildman–Crippen MR) is 141 cm³/mol. The third kappa shape index (κ3) is 5.51. The average Bonchev–Trinajstić information content (AvgIpc) is 3.52. The number of amides is 2. The van der Waals surface area contributed by atoms with Gasteiger partial charge in [0.2, 0.25) is 11.8 Å². The van der Waals surface area contributed by atoms with E-state index in [1.54, 1.807) is 23.9 Å². The van der Waals surface area contributed by atoms with Crippen LogP contribution in [0, 0.1) is 23.7 Å². The molecule has 204 valence electrons. The number of hydrogen-bond acceptors (Lipinski definition) is 9. The highest BCUT2D eigenvalue weighted by molar-refractivity contribution is 8.00. The lowest BCUT2D eigenvalue weighted by Gasteiger charge is -2.45. The van der Waals surface area contributed by atoms with E-state index in [4.69, 9.17) is 27.9 Å². The fourth-order valence-corrected chi connectivity index (χ4v) is 8.55. The van der Waals surface area contributed by atoms with Gasteiger partial charge >= 0.3 is 0 Å². The minimum atomic E-state index is -0.336. The lowest BCUT2D eigenvalue weighted by molar-refractivity contribution is -0.134. The third-order valence-corrected chi connectivity index (χ3v) is 10.9. The van der Waals surface area contributed by atoms with Gasteiger partial charge in [0.15, 0.2) is 0 Å². The van der Waals surface area contributed by atoms with Crippen molar-refractivity contribution in [3.63, 3.8) is 0 Å². The van der Waals surface area contributed by atoms with Crippen LogP contribution in [0.4, 0.5) is 0 Å². The Morgan fingerprint density at radius 1 is 1.06 bits per heavy atom. The van der Waals surface area contributed by atoms with Crippen LogP contribution in [-0.4, -0.2) is 109 Å². The molecule has 5 rings (SSSR count). The minimum absolute atomic E-state index is 0.0508. The van der Waals surface area contributed by atoms with E-state index in [0.717, 1.165) is 12.8 Å². The zero-order chi connectivity index (χ0) is 25.6. The summed E-state index contributed by atoms with van der Waals surface area (Å²) in [7, 11) is 3.60. The second-order valence-electron chi connectivity index (χ2n) is 10.9. The smallest absolute Gasteiger partial charge is 0.230 e. The van der Waals surface area contributed by atoms with Gasteiger partial charge in [-0.2, -0.15) is 0 Å². The maximum absolute atomic E-state index is 13.5. The van der Waals surface area contributed by atoms with Crippen molar-refractivity contribution < 1.29 is 14.3 Å². The molecule has 0 aromatic rings. The SMILES string of the molecule is COC1CNC(Cl)CC1C1CC(C)NCC1C(=O)NC1NC2CN(C(=O)C3CNN(C)C3Cl)CC2S1. The monoisotopic (exact) mass is 563 g/mol. The molecule has 2 amide bonds. The van der Waals surface area contributed by atoms with Crippen LogP contribution in [-0.2, 0) is 14.3 Å². The van der Waals surface area contributed by atoms with Gasteiger partial charge in [-0.1, -0.05) is 0 Å².